The van der Waals surface area contributed by atoms with Crippen molar-refractivity contribution in [3.05, 3.63) is 71.8 Å². The van der Waals surface area contributed by atoms with Crippen molar-refractivity contribution in [2.45, 2.75) is 24.9 Å². The molecule has 1 heterocycles. The van der Waals surface area contributed by atoms with Crippen LogP contribution in [0.25, 0.3) is 0 Å². The molecule has 2 fully saturated rings. The van der Waals surface area contributed by atoms with Crippen LogP contribution < -0.4 is 0 Å². The van der Waals surface area contributed by atoms with Crippen LogP contribution in [0.5, 0.6) is 0 Å². The van der Waals surface area contributed by atoms with E-state index in [4.69, 9.17) is 4.74 Å². The minimum absolute atomic E-state index is 0.305. The second-order valence-electron chi connectivity index (χ2n) is 6.90. The quantitative estimate of drug-likeness (QED) is 0.844. The Bertz CT molecular complexity index is 581. The maximum Gasteiger partial charge on any atom is 0.119 e. The van der Waals surface area contributed by atoms with E-state index < -0.39 is 0 Å². The van der Waals surface area contributed by atoms with E-state index in [1.54, 1.807) is 0 Å². The Morgan fingerprint density at radius 1 is 0.870 bits per heavy atom. The standard InChI is InChI=1S/C21H25NO/c1-3-7-19(8-4-1)21(20-9-5-2-6-10-20)13-14-22(15-16-23-21)17-18-11-12-18/h1-10,18H,11-17H2. The average Bonchev–Trinajstić information content (AvgIpc) is 3.45. The van der Waals surface area contributed by atoms with Gasteiger partial charge < -0.3 is 9.64 Å². The molecule has 1 saturated heterocycles. The van der Waals surface area contributed by atoms with Crippen LogP contribution in [0, 0.1) is 5.92 Å². The molecule has 0 unspecified atom stereocenters. The summed E-state index contributed by atoms with van der Waals surface area (Å²) in [7, 11) is 0. The highest BCUT2D eigenvalue weighted by atomic mass is 16.5. The Morgan fingerprint density at radius 3 is 2.04 bits per heavy atom. The van der Waals surface area contributed by atoms with Gasteiger partial charge in [-0.05, 0) is 36.3 Å². The van der Waals surface area contributed by atoms with Crippen molar-refractivity contribution in [1.82, 2.24) is 4.90 Å². The second kappa shape index (κ2) is 6.46. The van der Waals surface area contributed by atoms with Crippen molar-refractivity contribution in [3.8, 4) is 0 Å². The summed E-state index contributed by atoms with van der Waals surface area (Å²) in [6.07, 6.45) is 3.85. The molecule has 120 valence electrons. The highest BCUT2D eigenvalue weighted by Crippen LogP contribution is 2.39. The van der Waals surface area contributed by atoms with Crippen LogP contribution in [0.4, 0.5) is 0 Å². The molecule has 0 amide bonds. The normalized spacial score (nSPS) is 21.7. The van der Waals surface area contributed by atoms with Gasteiger partial charge in [0.2, 0.25) is 0 Å². The molecular weight excluding hydrogens is 282 g/mol. The monoisotopic (exact) mass is 307 g/mol. The summed E-state index contributed by atoms with van der Waals surface area (Å²) in [5.74, 6) is 0.941. The Kier molecular flexibility index (Phi) is 4.19. The van der Waals surface area contributed by atoms with Crippen LogP contribution in [0.1, 0.15) is 30.4 Å². The van der Waals surface area contributed by atoms with E-state index in [9.17, 15) is 0 Å². The lowest BCUT2D eigenvalue weighted by molar-refractivity contribution is -0.0101. The molecule has 0 bridgehead atoms. The number of hydrogen-bond donors (Lipinski definition) is 0. The van der Waals surface area contributed by atoms with Crippen molar-refractivity contribution in [1.29, 1.82) is 0 Å². The smallest absolute Gasteiger partial charge is 0.119 e. The third-order valence-corrected chi connectivity index (χ3v) is 5.23. The fourth-order valence-corrected chi connectivity index (χ4v) is 3.73. The zero-order valence-electron chi connectivity index (χ0n) is 13.7. The highest BCUT2D eigenvalue weighted by molar-refractivity contribution is 5.36. The molecule has 4 rings (SSSR count). The second-order valence-corrected chi connectivity index (χ2v) is 6.90. The third-order valence-electron chi connectivity index (χ3n) is 5.23. The first-order valence-electron chi connectivity index (χ1n) is 8.84. The molecule has 2 nitrogen and oxygen atoms in total. The van der Waals surface area contributed by atoms with Crippen molar-refractivity contribution in [2.24, 2.45) is 5.92 Å². The van der Waals surface area contributed by atoms with Crippen LogP contribution in [0.2, 0.25) is 0 Å². The summed E-state index contributed by atoms with van der Waals surface area (Å²) in [6, 6.07) is 21.5. The molecule has 0 aromatic heterocycles. The fourth-order valence-electron chi connectivity index (χ4n) is 3.73. The maximum atomic E-state index is 6.55. The van der Waals surface area contributed by atoms with E-state index in [1.165, 1.54) is 30.5 Å². The molecular formula is C21H25NO. The molecule has 1 saturated carbocycles. The Hall–Kier alpha value is -1.64. The van der Waals surface area contributed by atoms with Gasteiger partial charge in [0.1, 0.15) is 5.60 Å². The molecule has 0 radical (unpaired) electrons. The lowest BCUT2D eigenvalue weighted by atomic mass is 9.83. The lowest BCUT2D eigenvalue weighted by Crippen LogP contribution is -2.32. The van der Waals surface area contributed by atoms with Crippen molar-refractivity contribution in [3.63, 3.8) is 0 Å². The molecule has 0 spiro atoms. The van der Waals surface area contributed by atoms with Gasteiger partial charge in [-0.3, -0.25) is 0 Å². The lowest BCUT2D eigenvalue weighted by Gasteiger charge is -2.34. The van der Waals surface area contributed by atoms with Gasteiger partial charge in [-0.2, -0.15) is 0 Å². The Morgan fingerprint density at radius 2 is 1.48 bits per heavy atom. The minimum atomic E-state index is -0.305. The summed E-state index contributed by atoms with van der Waals surface area (Å²) < 4.78 is 6.55. The van der Waals surface area contributed by atoms with Crippen LogP contribution in [0.3, 0.4) is 0 Å². The van der Waals surface area contributed by atoms with Crippen LogP contribution in [-0.2, 0) is 10.3 Å². The summed E-state index contributed by atoms with van der Waals surface area (Å²) >= 11 is 0. The van der Waals surface area contributed by atoms with Gasteiger partial charge in [-0.25, -0.2) is 0 Å². The molecule has 2 aromatic carbocycles. The molecule has 23 heavy (non-hydrogen) atoms. The van der Waals surface area contributed by atoms with Gasteiger partial charge in [-0.15, -0.1) is 0 Å². The van der Waals surface area contributed by atoms with Gasteiger partial charge in [-0.1, -0.05) is 60.7 Å². The maximum absolute atomic E-state index is 6.55. The predicted molar refractivity (Wildman–Crippen MR) is 93.4 cm³/mol. The van der Waals surface area contributed by atoms with Crippen molar-refractivity contribution in [2.75, 3.05) is 26.2 Å². The van der Waals surface area contributed by atoms with Gasteiger partial charge in [0.05, 0.1) is 6.61 Å². The zero-order valence-corrected chi connectivity index (χ0v) is 13.7. The van der Waals surface area contributed by atoms with E-state index >= 15 is 0 Å². The van der Waals surface area contributed by atoms with Gasteiger partial charge in [0.15, 0.2) is 0 Å². The van der Waals surface area contributed by atoms with E-state index in [-0.39, 0.29) is 5.60 Å². The topological polar surface area (TPSA) is 12.5 Å². The molecule has 0 atom stereocenters. The summed E-state index contributed by atoms with van der Waals surface area (Å²) in [5, 5.41) is 0. The van der Waals surface area contributed by atoms with Gasteiger partial charge >= 0.3 is 0 Å². The average molecular weight is 307 g/mol. The van der Waals surface area contributed by atoms with E-state index in [2.05, 4.69) is 65.6 Å². The molecule has 1 aliphatic heterocycles. The molecule has 2 heteroatoms. The predicted octanol–water partition coefficient (Wildman–Crippen LogP) is 4.06. The minimum Gasteiger partial charge on any atom is -0.364 e. The highest BCUT2D eigenvalue weighted by Gasteiger charge is 2.38. The van der Waals surface area contributed by atoms with Gasteiger partial charge in [0, 0.05) is 19.6 Å². The third kappa shape index (κ3) is 3.19. The van der Waals surface area contributed by atoms with Crippen LogP contribution in [0.15, 0.2) is 60.7 Å². The zero-order chi connectivity index (χ0) is 15.5. The van der Waals surface area contributed by atoms with Crippen molar-refractivity contribution < 1.29 is 4.74 Å². The first-order chi connectivity index (χ1) is 11.4. The van der Waals surface area contributed by atoms with Crippen LogP contribution in [-0.4, -0.2) is 31.1 Å². The Balaban J connectivity index is 1.65. The molecule has 0 N–H and O–H groups in total. The Labute approximate surface area is 139 Å². The molecule has 1 aliphatic carbocycles. The number of rotatable bonds is 4. The number of hydrogen-bond acceptors (Lipinski definition) is 2. The summed E-state index contributed by atoms with van der Waals surface area (Å²) in [6.45, 7) is 4.22. The first-order valence-corrected chi connectivity index (χ1v) is 8.84. The summed E-state index contributed by atoms with van der Waals surface area (Å²) in [4.78, 5) is 2.60. The number of benzene rings is 2. The van der Waals surface area contributed by atoms with Crippen molar-refractivity contribution >= 4 is 0 Å². The van der Waals surface area contributed by atoms with Crippen LogP contribution >= 0.6 is 0 Å². The first kappa shape index (κ1) is 14.9. The molecule has 2 aliphatic rings. The van der Waals surface area contributed by atoms with Gasteiger partial charge in [0.25, 0.3) is 0 Å². The molecule has 2 aromatic rings. The van der Waals surface area contributed by atoms with E-state index in [1.807, 2.05) is 0 Å². The largest absolute Gasteiger partial charge is 0.364 e. The fraction of sp³-hybridized carbons (Fsp3) is 0.429. The number of ether oxygens (including phenoxy) is 1. The van der Waals surface area contributed by atoms with E-state index in [0.717, 1.165) is 32.0 Å². The van der Waals surface area contributed by atoms with E-state index in [0.29, 0.717) is 0 Å². The number of nitrogens with zero attached hydrogens (tertiary/aromatic N) is 1. The summed E-state index contributed by atoms with van der Waals surface area (Å²) in [5.41, 5.74) is 2.25. The SMILES string of the molecule is c1ccc(C2(c3ccccc3)CCN(CC3CC3)CCO2)cc1.